The van der Waals surface area contributed by atoms with Crippen molar-refractivity contribution in [1.82, 2.24) is 0 Å². The van der Waals surface area contributed by atoms with E-state index in [1.54, 1.807) is 4.90 Å². The molecule has 2 N–H and O–H groups in total. The van der Waals surface area contributed by atoms with E-state index >= 15 is 0 Å². The average Bonchev–Trinajstić information content (AvgIpc) is 2.69. The molecule has 0 atom stereocenters. The van der Waals surface area contributed by atoms with E-state index in [4.69, 9.17) is 0 Å². The third kappa shape index (κ3) is 3.55. The summed E-state index contributed by atoms with van der Waals surface area (Å²) in [6.07, 6.45) is 0. The second-order valence-corrected chi connectivity index (χ2v) is 7.01. The van der Waals surface area contributed by atoms with Gasteiger partial charge >= 0.3 is 0 Å². The fourth-order valence-electron chi connectivity index (χ4n) is 3.44. The van der Waals surface area contributed by atoms with Crippen molar-refractivity contribution in [3.8, 4) is 0 Å². The average molecular weight is 346 g/mol. The van der Waals surface area contributed by atoms with Gasteiger partial charge in [-0.15, -0.1) is 0 Å². The number of rotatable bonds is 3. The molecule has 0 unspecified atom stereocenters. The van der Waals surface area contributed by atoms with Gasteiger partial charge in [0, 0.05) is 16.9 Å². The summed E-state index contributed by atoms with van der Waals surface area (Å²) in [5.41, 5.74) is 2.72. The molecule has 1 fully saturated rings. The zero-order valence-electron chi connectivity index (χ0n) is 15.0. The Hall–Kier alpha value is -2.85. The summed E-state index contributed by atoms with van der Waals surface area (Å²) in [5.74, 6) is -0.0771. The van der Waals surface area contributed by atoms with Gasteiger partial charge in [-0.2, -0.15) is 0 Å². The van der Waals surface area contributed by atoms with Crippen LogP contribution in [0.5, 0.6) is 0 Å². The quantitative estimate of drug-likeness (QED) is 0.764. The molecule has 0 radical (unpaired) electrons. The van der Waals surface area contributed by atoms with Gasteiger partial charge in [0.1, 0.15) is 0 Å². The number of nitrogens with zero attached hydrogens (tertiary/aromatic N) is 1. The first-order valence-electron chi connectivity index (χ1n) is 9.15. The van der Waals surface area contributed by atoms with Crippen molar-refractivity contribution in [2.24, 2.45) is 0 Å². The summed E-state index contributed by atoms with van der Waals surface area (Å²) in [5, 5.41) is 5.22. The van der Waals surface area contributed by atoms with Crippen molar-refractivity contribution in [3.05, 3.63) is 72.3 Å². The first-order chi connectivity index (χ1) is 12.7. The minimum atomic E-state index is -0.0771. The maximum Gasteiger partial charge on any atom is 0.255 e. The number of piperazine rings is 1. The zero-order valence-corrected chi connectivity index (χ0v) is 15.0. The lowest BCUT2D eigenvalue weighted by atomic mass is 10.1. The van der Waals surface area contributed by atoms with E-state index in [0.717, 1.165) is 29.5 Å². The third-order valence-corrected chi connectivity index (χ3v) is 5.12. The Balaban J connectivity index is 1.45. The van der Waals surface area contributed by atoms with Crippen LogP contribution in [0, 0.1) is 0 Å². The Morgan fingerprint density at radius 3 is 2.35 bits per heavy atom. The van der Waals surface area contributed by atoms with Crippen molar-refractivity contribution in [2.75, 3.05) is 43.4 Å². The highest BCUT2D eigenvalue weighted by atomic mass is 16.1. The number of likely N-dealkylation sites (N-methyl/N-ethyl adjacent to an activating group) is 1. The highest BCUT2D eigenvalue weighted by Gasteiger charge is 2.16. The topological polar surface area (TPSA) is 36.8 Å². The third-order valence-electron chi connectivity index (χ3n) is 5.12. The van der Waals surface area contributed by atoms with Crippen LogP contribution < -0.4 is 15.1 Å². The van der Waals surface area contributed by atoms with Crippen LogP contribution in [0.25, 0.3) is 10.8 Å². The molecule has 0 bridgehead atoms. The first kappa shape index (κ1) is 16.6. The highest BCUT2D eigenvalue weighted by Crippen LogP contribution is 2.20. The second kappa shape index (κ2) is 7.18. The molecule has 26 heavy (non-hydrogen) atoms. The van der Waals surface area contributed by atoms with Gasteiger partial charge in [-0.25, -0.2) is 0 Å². The van der Waals surface area contributed by atoms with Crippen LogP contribution in [0.3, 0.4) is 0 Å². The van der Waals surface area contributed by atoms with E-state index < -0.39 is 0 Å². The van der Waals surface area contributed by atoms with Gasteiger partial charge in [0.25, 0.3) is 5.91 Å². The molecule has 3 aromatic carbocycles. The summed E-state index contributed by atoms with van der Waals surface area (Å²) >= 11 is 0. The Morgan fingerprint density at radius 1 is 0.923 bits per heavy atom. The monoisotopic (exact) mass is 346 g/mol. The molecule has 4 rings (SSSR count). The number of hydrogen-bond donors (Lipinski definition) is 2. The Kier molecular flexibility index (Phi) is 4.59. The van der Waals surface area contributed by atoms with E-state index in [0.29, 0.717) is 5.56 Å². The lowest BCUT2D eigenvalue weighted by Crippen LogP contribution is -3.12. The normalized spacial score (nSPS) is 15.2. The maximum absolute atomic E-state index is 12.6. The van der Waals surface area contributed by atoms with Gasteiger partial charge in [-0.05, 0) is 47.2 Å². The van der Waals surface area contributed by atoms with Gasteiger partial charge in [0.15, 0.2) is 0 Å². The van der Waals surface area contributed by atoms with Crippen molar-refractivity contribution in [3.63, 3.8) is 0 Å². The van der Waals surface area contributed by atoms with Crippen LogP contribution in [0.4, 0.5) is 11.4 Å². The van der Waals surface area contributed by atoms with E-state index in [-0.39, 0.29) is 5.91 Å². The van der Waals surface area contributed by atoms with Crippen LogP contribution in [-0.4, -0.2) is 39.1 Å². The molecule has 4 heteroatoms. The van der Waals surface area contributed by atoms with Crippen molar-refractivity contribution < 1.29 is 9.69 Å². The lowest BCUT2D eigenvalue weighted by Gasteiger charge is -2.31. The smallest absolute Gasteiger partial charge is 0.255 e. The number of quaternary nitrogens is 1. The minimum absolute atomic E-state index is 0.0771. The standard InChI is InChI=1S/C22H23N3O/c1-24-12-14-25(15-13-24)21-10-8-20(9-11-21)23-22(26)19-7-6-17-4-2-3-5-18(17)16-19/h2-11,16H,12-15H2,1H3,(H,23,26)/p+1. The summed E-state index contributed by atoms with van der Waals surface area (Å²) in [7, 11) is 2.24. The molecule has 132 valence electrons. The number of anilines is 2. The van der Waals surface area contributed by atoms with Crippen molar-refractivity contribution in [1.29, 1.82) is 0 Å². The van der Waals surface area contributed by atoms with E-state index in [2.05, 4.69) is 35.5 Å². The zero-order chi connectivity index (χ0) is 17.9. The lowest BCUT2D eigenvalue weighted by molar-refractivity contribution is -0.880. The molecule has 0 spiro atoms. The Labute approximate surface area is 154 Å². The Morgan fingerprint density at radius 2 is 1.62 bits per heavy atom. The number of carbonyl (C=O) groups excluding carboxylic acids is 1. The SMILES string of the molecule is C[NH+]1CCN(c2ccc(NC(=O)c3ccc4ccccc4c3)cc2)CC1. The molecule has 4 nitrogen and oxygen atoms in total. The molecule has 1 saturated heterocycles. The number of nitrogens with one attached hydrogen (secondary N) is 2. The van der Waals surface area contributed by atoms with E-state index in [9.17, 15) is 4.79 Å². The number of fused-ring (bicyclic) bond motifs is 1. The maximum atomic E-state index is 12.6. The van der Waals surface area contributed by atoms with Crippen LogP contribution in [0.2, 0.25) is 0 Å². The predicted molar refractivity (Wildman–Crippen MR) is 107 cm³/mol. The molecule has 3 aromatic rings. The predicted octanol–water partition coefficient (Wildman–Crippen LogP) is 2.43. The molecular weight excluding hydrogens is 322 g/mol. The highest BCUT2D eigenvalue weighted by molar-refractivity contribution is 6.06. The summed E-state index contributed by atoms with van der Waals surface area (Å²) in [4.78, 5) is 16.5. The van der Waals surface area contributed by atoms with Gasteiger partial charge in [0.2, 0.25) is 0 Å². The molecular formula is C22H24N3O+. The molecule has 0 aliphatic carbocycles. The van der Waals surface area contributed by atoms with Crippen molar-refractivity contribution >= 4 is 28.1 Å². The second-order valence-electron chi connectivity index (χ2n) is 7.01. The largest absolute Gasteiger partial charge is 0.360 e. The molecule has 1 amide bonds. The number of hydrogen-bond acceptors (Lipinski definition) is 2. The number of carbonyl (C=O) groups is 1. The summed E-state index contributed by atoms with van der Waals surface area (Å²) in [6, 6.07) is 22.0. The van der Waals surface area contributed by atoms with Crippen LogP contribution in [-0.2, 0) is 0 Å². The fourth-order valence-corrected chi connectivity index (χ4v) is 3.44. The van der Waals surface area contributed by atoms with Crippen LogP contribution >= 0.6 is 0 Å². The Bertz CT molecular complexity index is 912. The number of benzene rings is 3. The summed E-state index contributed by atoms with van der Waals surface area (Å²) < 4.78 is 0. The fraction of sp³-hybridized carbons (Fsp3) is 0.227. The molecule has 1 heterocycles. The molecule has 0 saturated carbocycles. The van der Waals surface area contributed by atoms with E-state index in [1.165, 1.54) is 18.8 Å². The van der Waals surface area contributed by atoms with Gasteiger partial charge in [-0.1, -0.05) is 30.3 Å². The van der Waals surface area contributed by atoms with Gasteiger partial charge < -0.3 is 15.1 Å². The van der Waals surface area contributed by atoms with Crippen LogP contribution in [0.1, 0.15) is 10.4 Å². The first-order valence-corrected chi connectivity index (χ1v) is 9.15. The van der Waals surface area contributed by atoms with Crippen LogP contribution in [0.15, 0.2) is 66.7 Å². The van der Waals surface area contributed by atoms with Gasteiger partial charge in [-0.3, -0.25) is 4.79 Å². The van der Waals surface area contributed by atoms with E-state index in [1.807, 2.05) is 48.5 Å². The minimum Gasteiger partial charge on any atom is -0.360 e. The van der Waals surface area contributed by atoms with Crippen molar-refractivity contribution in [2.45, 2.75) is 0 Å². The molecule has 0 aromatic heterocycles. The molecule has 1 aliphatic rings. The summed E-state index contributed by atoms with van der Waals surface area (Å²) in [6.45, 7) is 4.49. The molecule has 1 aliphatic heterocycles. The number of amides is 1. The van der Waals surface area contributed by atoms with Gasteiger partial charge in [0.05, 0.1) is 33.2 Å².